The van der Waals surface area contributed by atoms with Crippen LogP contribution in [0, 0.1) is 0 Å². The largest absolute Gasteiger partial charge is 0.508 e. The molecule has 0 radical (unpaired) electrons. The Bertz CT molecular complexity index is 886. The molecule has 11 N–H and O–H groups in total. The van der Waals surface area contributed by atoms with Crippen LogP contribution in [0.25, 0.3) is 0 Å². The highest BCUT2D eigenvalue weighted by atomic mass is 16.4. The van der Waals surface area contributed by atoms with E-state index in [1.165, 1.54) is 26.0 Å². The first-order chi connectivity index (χ1) is 15.9. The number of rotatable bonds is 13. The maximum Gasteiger partial charge on any atom is 0.326 e. The maximum absolute atomic E-state index is 12.4. The molecule has 13 heteroatoms. The number of nitrogens with zero attached hydrogens (tertiary/aromatic N) is 1. The molecular weight excluding hydrogens is 446 g/mol. The average molecular weight is 480 g/mol. The Hall–Kier alpha value is -3.87. The number of carbonyl (C=O) groups excluding carboxylic acids is 3. The van der Waals surface area contributed by atoms with Crippen LogP contribution in [0.15, 0.2) is 29.3 Å². The summed E-state index contributed by atoms with van der Waals surface area (Å²) >= 11 is 0. The Labute approximate surface area is 197 Å². The van der Waals surface area contributed by atoms with Crippen LogP contribution in [0.2, 0.25) is 0 Å². The second-order valence-electron chi connectivity index (χ2n) is 7.79. The van der Waals surface area contributed by atoms with Crippen LogP contribution in [-0.2, 0) is 25.6 Å². The summed E-state index contributed by atoms with van der Waals surface area (Å²) in [7, 11) is 0. The number of carboxylic acids is 1. The van der Waals surface area contributed by atoms with Gasteiger partial charge in [0.1, 0.15) is 23.9 Å². The monoisotopic (exact) mass is 479 g/mol. The van der Waals surface area contributed by atoms with E-state index in [-0.39, 0.29) is 31.1 Å². The third-order valence-electron chi connectivity index (χ3n) is 4.79. The van der Waals surface area contributed by atoms with Crippen LogP contribution in [0.4, 0.5) is 0 Å². The topological polar surface area (TPSA) is 235 Å². The fourth-order valence-electron chi connectivity index (χ4n) is 2.83. The number of hydrogen-bond acceptors (Lipinski definition) is 7. The highest BCUT2D eigenvalue weighted by Crippen LogP contribution is 2.11. The number of hydrogen-bond donors (Lipinski definition) is 8. The molecule has 13 nitrogen and oxygen atoms in total. The summed E-state index contributed by atoms with van der Waals surface area (Å²) in [6.45, 7) is 3.02. The van der Waals surface area contributed by atoms with Gasteiger partial charge in [0.05, 0.1) is 6.04 Å². The number of carbonyl (C=O) groups is 4. The zero-order valence-corrected chi connectivity index (χ0v) is 19.2. The Balaban J connectivity index is 2.53. The Kier molecular flexibility index (Phi) is 11.3. The van der Waals surface area contributed by atoms with Gasteiger partial charge in [0.2, 0.25) is 17.7 Å². The van der Waals surface area contributed by atoms with Gasteiger partial charge in [-0.15, -0.1) is 0 Å². The number of aliphatic carboxylic acids is 1. The second kappa shape index (κ2) is 13.6. The molecule has 0 aliphatic heterocycles. The molecule has 4 atom stereocenters. The molecule has 1 aromatic carbocycles. The first kappa shape index (κ1) is 28.2. The molecule has 34 heavy (non-hydrogen) atoms. The van der Waals surface area contributed by atoms with Crippen LogP contribution >= 0.6 is 0 Å². The van der Waals surface area contributed by atoms with Crippen molar-refractivity contribution in [2.45, 2.75) is 57.3 Å². The molecule has 0 spiro atoms. The maximum atomic E-state index is 12.4. The molecule has 0 aliphatic rings. The van der Waals surface area contributed by atoms with E-state index in [1.807, 2.05) is 0 Å². The molecule has 1 rings (SSSR count). The smallest absolute Gasteiger partial charge is 0.326 e. The average Bonchev–Trinajstić information content (AvgIpc) is 2.76. The number of amides is 3. The van der Waals surface area contributed by atoms with Gasteiger partial charge in [-0.2, -0.15) is 0 Å². The minimum absolute atomic E-state index is 0.0872. The van der Waals surface area contributed by atoms with Crippen molar-refractivity contribution < 1.29 is 29.4 Å². The number of phenols is 1. The molecule has 4 unspecified atom stereocenters. The van der Waals surface area contributed by atoms with Gasteiger partial charge < -0.3 is 43.4 Å². The standard InChI is InChI=1S/C21H33N7O6/c1-11(27-19(32)15(22)10-13-5-7-14(29)8-6-13)17(30)26-12(2)18(31)28-16(20(33)34)4-3-9-25-21(23)24/h5-8,11-12,15-16,29H,3-4,9-10,22H2,1-2H3,(H,26,30)(H,27,32)(H,28,31)(H,33,34)(H4,23,24,25). The minimum Gasteiger partial charge on any atom is -0.508 e. The van der Waals surface area contributed by atoms with Crippen LogP contribution in [-0.4, -0.2) is 70.6 Å². The van der Waals surface area contributed by atoms with Gasteiger partial charge in [-0.05, 0) is 50.8 Å². The van der Waals surface area contributed by atoms with Gasteiger partial charge >= 0.3 is 5.97 Å². The summed E-state index contributed by atoms with van der Waals surface area (Å²) in [4.78, 5) is 52.1. The van der Waals surface area contributed by atoms with Crippen LogP contribution < -0.4 is 33.2 Å². The molecular formula is C21H33N7O6. The molecule has 188 valence electrons. The van der Waals surface area contributed by atoms with Gasteiger partial charge in [-0.1, -0.05) is 12.1 Å². The zero-order valence-electron chi connectivity index (χ0n) is 19.2. The first-order valence-electron chi connectivity index (χ1n) is 10.6. The summed E-state index contributed by atoms with van der Waals surface area (Å²) in [5.74, 6) is -3.18. The summed E-state index contributed by atoms with van der Waals surface area (Å²) < 4.78 is 0. The van der Waals surface area contributed by atoms with Crippen molar-refractivity contribution in [3.8, 4) is 5.75 Å². The van der Waals surface area contributed by atoms with E-state index in [9.17, 15) is 29.4 Å². The fourth-order valence-corrected chi connectivity index (χ4v) is 2.83. The third kappa shape index (κ3) is 10.2. The molecule has 0 bridgehead atoms. The van der Waals surface area contributed by atoms with Crippen LogP contribution in [0.3, 0.4) is 0 Å². The number of guanidine groups is 1. The quantitative estimate of drug-likeness (QED) is 0.0876. The predicted molar refractivity (Wildman–Crippen MR) is 124 cm³/mol. The minimum atomic E-state index is -1.24. The molecule has 0 aliphatic carbocycles. The van der Waals surface area contributed by atoms with E-state index in [2.05, 4.69) is 20.9 Å². The van der Waals surface area contributed by atoms with Crippen molar-refractivity contribution in [2.75, 3.05) is 6.54 Å². The lowest BCUT2D eigenvalue weighted by atomic mass is 10.1. The van der Waals surface area contributed by atoms with Gasteiger partial charge in [-0.3, -0.25) is 19.4 Å². The molecule has 0 aromatic heterocycles. The fraction of sp³-hybridized carbons (Fsp3) is 0.476. The van der Waals surface area contributed by atoms with Crippen molar-refractivity contribution in [3.63, 3.8) is 0 Å². The first-order valence-corrected chi connectivity index (χ1v) is 10.6. The second-order valence-corrected chi connectivity index (χ2v) is 7.79. The third-order valence-corrected chi connectivity index (χ3v) is 4.79. The number of carboxylic acid groups (broad SMARTS) is 1. The number of phenolic OH excluding ortho intramolecular Hbond substituents is 1. The van der Waals surface area contributed by atoms with Gasteiger partial charge in [0.25, 0.3) is 0 Å². The Morgan fingerprint density at radius 1 is 0.941 bits per heavy atom. The van der Waals surface area contributed by atoms with E-state index >= 15 is 0 Å². The summed E-state index contributed by atoms with van der Waals surface area (Å²) in [5.41, 5.74) is 17.0. The van der Waals surface area contributed by atoms with Gasteiger partial charge in [-0.25, -0.2) is 4.79 Å². The van der Waals surface area contributed by atoms with Crippen LogP contribution in [0.1, 0.15) is 32.3 Å². The number of aromatic hydroxyl groups is 1. The van der Waals surface area contributed by atoms with Crippen LogP contribution in [0.5, 0.6) is 5.75 Å². The van der Waals surface area contributed by atoms with Crippen molar-refractivity contribution in [3.05, 3.63) is 29.8 Å². The summed E-state index contributed by atoms with van der Waals surface area (Å²) in [6, 6.07) is 2.03. The van der Waals surface area contributed by atoms with E-state index in [0.29, 0.717) is 6.42 Å². The lowest BCUT2D eigenvalue weighted by molar-refractivity contribution is -0.142. The van der Waals surface area contributed by atoms with E-state index in [0.717, 1.165) is 5.56 Å². The number of nitrogens with one attached hydrogen (secondary N) is 3. The highest BCUT2D eigenvalue weighted by Gasteiger charge is 2.26. The van der Waals surface area contributed by atoms with E-state index < -0.39 is 47.9 Å². The molecule has 3 amide bonds. The summed E-state index contributed by atoms with van der Waals surface area (Å²) in [6.07, 6.45) is 0.603. The molecule has 0 fully saturated rings. The summed E-state index contributed by atoms with van der Waals surface area (Å²) in [5, 5.41) is 25.8. The number of benzene rings is 1. The van der Waals surface area contributed by atoms with Gasteiger partial charge in [0, 0.05) is 6.54 Å². The normalized spacial score (nSPS) is 14.1. The van der Waals surface area contributed by atoms with E-state index in [4.69, 9.17) is 17.2 Å². The van der Waals surface area contributed by atoms with E-state index in [1.54, 1.807) is 12.1 Å². The van der Waals surface area contributed by atoms with Crippen molar-refractivity contribution in [1.82, 2.24) is 16.0 Å². The number of nitrogens with two attached hydrogens (primary N) is 3. The van der Waals surface area contributed by atoms with Crippen molar-refractivity contribution in [1.29, 1.82) is 0 Å². The SMILES string of the molecule is CC(NC(=O)C(N)Cc1ccc(O)cc1)C(=O)NC(C)C(=O)NC(CCCN=C(N)N)C(=O)O. The molecule has 0 heterocycles. The van der Waals surface area contributed by atoms with Crippen molar-refractivity contribution in [2.24, 2.45) is 22.2 Å². The molecule has 0 saturated carbocycles. The predicted octanol–water partition coefficient (Wildman–Crippen LogP) is -2.11. The Morgan fingerprint density at radius 3 is 2.00 bits per heavy atom. The van der Waals surface area contributed by atoms with Crippen molar-refractivity contribution >= 4 is 29.7 Å². The molecule has 1 aromatic rings. The number of aliphatic imine (C=N–C) groups is 1. The lowest BCUT2D eigenvalue weighted by Gasteiger charge is -2.21. The lowest BCUT2D eigenvalue weighted by Crippen LogP contribution is -2.55. The Morgan fingerprint density at radius 2 is 1.47 bits per heavy atom. The van der Waals surface area contributed by atoms with Gasteiger partial charge in [0.15, 0.2) is 5.96 Å². The molecule has 0 saturated heterocycles. The zero-order chi connectivity index (χ0) is 25.8. The highest BCUT2D eigenvalue weighted by molar-refractivity contribution is 5.93.